The van der Waals surface area contributed by atoms with Crippen molar-refractivity contribution in [1.29, 1.82) is 0 Å². The number of nitrogens with zero attached hydrogens (tertiary/aromatic N) is 2. The molecule has 0 aromatic carbocycles. The highest BCUT2D eigenvalue weighted by Gasteiger charge is 1.90. The normalized spacial score (nSPS) is 9.62. The van der Waals surface area contributed by atoms with Crippen LogP contribution in [0.3, 0.4) is 0 Å². The van der Waals surface area contributed by atoms with E-state index in [-0.39, 0.29) is 0 Å². The van der Waals surface area contributed by atoms with Gasteiger partial charge < -0.3 is 0 Å². The zero-order valence-electron chi connectivity index (χ0n) is 4.66. The molecule has 2 nitrogen and oxygen atoms in total. The maximum atomic E-state index is 3.82. The minimum absolute atomic E-state index is 0.998. The zero-order valence-corrected chi connectivity index (χ0v) is 5.48. The molecule has 0 N–H and O–H groups in total. The predicted octanol–water partition coefficient (Wildman–Crippen LogP) is 1.50. The summed E-state index contributed by atoms with van der Waals surface area (Å²) in [7, 11) is 0. The standard InChI is InChI=1S/C5H7N2S/c1-2-3-5-4-8-7-6-5/h3-4H,2H2,1H3. The van der Waals surface area contributed by atoms with Crippen LogP contribution < -0.4 is 0 Å². The van der Waals surface area contributed by atoms with E-state index in [0.717, 1.165) is 12.1 Å². The van der Waals surface area contributed by atoms with Gasteiger partial charge in [0.05, 0.1) is 5.69 Å². The summed E-state index contributed by atoms with van der Waals surface area (Å²) in [6, 6.07) is 0. The molecule has 1 radical (unpaired) electrons. The van der Waals surface area contributed by atoms with Crippen molar-refractivity contribution in [3.8, 4) is 0 Å². The van der Waals surface area contributed by atoms with Gasteiger partial charge in [-0.05, 0) is 18.0 Å². The fourth-order valence-electron chi connectivity index (χ4n) is 0.470. The van der Waals surface area contributed by atoms with Gasteiger partial charge in [-0.15, -0.1) is 5.10 Å². The SMILES string of the molecule is CC[CH]c1csnn1. The van der Waals surface area contributed by atoms with E-state index in [4.69, 9.17) is 0 Å². The Morgan fingerprint density at radius 1 is 1.88 bits per heavy atom. The molecule has 3 heteroatoms. The Kier molecular flexibility index (Phi) is 1.97. The molecule has 1 aromatic rings. The zero-order chi connectivity index (χ0) is 5.82. The Morgan fingerprint density at radius 3 is 3.25 bits per heavy atom. The molecule has 0 aliphatic carbocycles. The number of aromatic nitrogens is 2. The first-order chi connectivity index (χ1) is 3.93. The van der Waals surface area contributed by atoms with Gasteiger partial charge in [0, 0.05) is 11.8 Å². The Morgan fingerprint density at radius 2 is 2.75 bits per heavy atom. The fraction of sp³-hybridized carbons (Fsp3) is 0.400. The van der Waals surface area contributed by atoms with E-state index in [0.29, 0.717) is 0 Å². The number of rotatable bonds is 2. The van der Waals surface area contributed by atoms with Crippen molar-refractivity contribution in [1.82, 2.24) is 9.59 Å². The van der Waals surface area contributed by atoms with Crippen LogP contribution in [0.15, 0.2) is 5.38 Å². The van der Waals surface area contributed by atoms with Crippen molar-refractivity contribution < 1.29 is 0 Å². The highest BCUT2D eigenvalue weighted by molar-refractivity contribution is 7.03. The molecule has 0 fully saturated rings. The minimum Gasteiger partial charge on any atom is -0.143 e. The van der Waals surface area contributed by atoms with Gasteiger partial charge in [0.1, 0.15) is 0 Å². The van der Waals surface area contributed by atoms with Crippen LogP contribution in [-0.4, -0.2) is 9.59 Å². The Balaban J connectivity index is 2.50. The lowest BCUT2D eigenvalue weighted by Crippen LogP contribution is -1.77. The first kappa shape index (κ1) is 5.69. The molecule has 8 heavy (non-hydrogen) atoms. The van der Waals surface area contributed by atoms with Gasteiger partial charge in [-0.25, -0.2) is 0 Å². The van der Waals surface area contributed by atoms with Gasteiger partial charge in [0.25, 0.3) is 0 Å². The van der Waals surface area contributed by atoms with E-state index in [9.17, 15) is 0 Å². The second-order valence-corrected chi connectivity index (χ2v) is 2.05. The van der Waals surface area contributed by atoms with Crippen molar-refractivity contribution in [3.63, 3.8) is 0 Å². The molecular formula is C5H7N2S. The average Bonchev–Trinajstić information content (AvgIpc) is 2.19. The molecule has 1 heterocycles. The van der Waals surface area contributed by atoms with Crippen LogP contribution in [0.1, 0.15) is 19.0 Å². The molecule has 0 aliphatic heterocycles. The maximum absolute atomic E-state index is 3.82. The lowest BCUT2D eigenvalue weighted by atomic mass is 10.3. The minimum atomic E-state index is 0.998. The summed E-state index contributed by atoms with van der Waals surface area (Å²) in [6.07, 6.45) is 3.08. The predicted molar refractivity (Wildman–Crippen MR) is 33.6 cm³/mol. The Hall–Kier alpha value is -0.440. The highest BCUT2D eigenvalue weighted by Crippen LogP contribution is 2.01. The van der Waals surface area contributed by atoms with E-state index in [1.54, 1.807) is 0 Å². The highest BCUT2D eigenvalue weighted by atomic mass is 32.1. The smallest absolute Gasteiger partial charge is 0.0792 e. The first-order valence-corrected chi connectivity index (χ1v) is 3.37. The summed E-state index contributed by atoms with van der Waals surface area (Å²) in [5.74, 6) is 0. The van der Waals surface area contributed by atoms with Crippen LogP contribution in [0.2, 0.25) is 0 Å². The van der Waals surface area contributed by atoms with Crippen molar-refractivity contribution in [2.75, 3.05) is 0 Å². The molecule has 1 aromatic heterocycles. The topological polar surface area (TPSA) is 25.8 Å². The monoisotopic (exact) mass is 127 g/mol. The third-order valence-electron chi connectivity index (χ3n) is 0.790. The first-order valence-electron chi connectivity index (χ1n) is 2.53. The van der Waals surface area contributed by atoms with Crippen molar-refractivity contribution in [2.24, 2.45) is 0 Å². The third-order valence-corrected chi connectivity index (χ3v) is 1.31. The molecule has 0 bridgehead atoms. The van der Waals surface area contributed by atoms with Crippen LogP contribution in [-0.2, 0) is 0 Å². The molecule has 43 valence electrons. The Labute approximate surface area is 52.7 Å². The molecule has 0 aliphatic rings. The van der Waals surface area contributed by atoms with Crippen LogP contribution in [0.4, 0.5) is 0 Å². The summed E-state index contributed by atoms with van der Waals surface area (Å²) in [5.41, 5.74) is 0.998. The molecule has 0 spiro atoms. The third kappa shape index (κ3) is 1.26. The van der Waals surface area contributed by atoms with Crippen LogP contribution >= 0.6 is 11.5 Å². The molecule has 0 saturated heterocycles. The van der Waals surface area contributed by atoms with E-state index in [1.165, 1.54) is 11.5 Å². The van der Waals surface area contributed by atoms with Crippen molar-refractivity contribution in [3.05, 3.63) is 17.5 Å². The molecule has 0 unspecified atom stereocenters. The maximum Gasteiger partial charge on any atom is 0.0792 e. The lowest BCUT2D eigenvalue weighted by Gasteiger charge is -1.82. The molecule has 0 saturated carbocycles. The average molecular weight is 127 g/mol. The molecule has 0 atom stereocenters. The van der Waals surface area contributed by atoms with Gasteiger partial charge >= 0.3 is 0 Å². The van der Waals surface area contributed by atoms with Crippen molar-refractivity contribution in [2.45, 2.75) is 13.3 Å². The van der Waals surface area contributed by atoms with Gasteiger partial charge in [0.2, 0.25) is 0 Å². The summed E-state index contributed by atoms with van der Waals surface area (Å²) in [5, 5.41) is 5.75. The summed E-state index contributed by atoms with van der Waals surface area (Å²) in [6.45, 7) is 2.08. The van der Waals surface area contributed by atoms with E-state index in [1.807, 2.05) is 11.8 Å². The number of hydrogen-bond acceptors (Lipinski definition) is 3. The Bertz CT molecular complexity index is 136. The van der Waals surface area contributed by atoms with Gasteiger partial charge in [-0.3, -0.25) is 0 Å². The fourth-order valence-corrected chi connectivity index (χ4v) is 0.910. The number of hydrogen-bond donors (Lipinski definition) is 0. The largest absolute Gasteiger partial charge is 0.143 e. The second kappa shape index (κ2) is 2.77. The van der Waals surface area contributed by atoms with Crippen LogP contribution in [0, 0.1) is 6.42 Å². The van der Waals surface area contributed by atoms with Gasteiger partial charge in [-0.2, -0.15) is 0 Å². The summed E-state index contributed by atoms with van der Waals surface area (Å²) >= 11 is 1.39. The molecule has 0 amide bonds. The second-order valence-electron chi connectivity index (χ2n) is 1.44. The molecular weight excluding hydrogens is 120 g/mol. The van der Waals surface area contributed by atoms with E-state index >= 15 is 0 Å². The van der Waals surface area contributed by atoms with Gasteiger partial charge in [0.15, 0.2) is 0 Å². The summed E-state index contributed by atoms with van der Waals surface area (Å²) in [4.78, 5) is 0. The molecule has 1 rings (SSSR count). The van der Waals surface area contributed by atoms with E-state index in [2.05, 4.69) is 16.5 Å². The van der Waals surface area contributed by atoms with Crippen molar-refractivity contribution >= 4 is 11.5 Å². The summed E-state index contributed by atoms with van der Waals surface area (Å²) < 4.78 is 3.70. The quantitative estimate of drug-likeness (QED) is 0.601. The van der Waals surface area contributed by atoms with Crippen LogP contribution in [0.25, 0.3) is 0 Å². The van der Waals surface area contributed by atoms with Crippen LogP contribution in [0.5, 0.6) is 0 Å². The van der Waals surface area contributed by atoms with Gasteiger partial charge in [-0.1, -0.05) is 11.4 Å². The van der Waals surface area contributed by atoms with E-state index < -0.39 is 0 Å². The lowest BCUT2D eigenvalue weighted by molar-refractivity contribution is 1.03.